The van der Waals surface area contributed by atoms with Crippen LogP contribution in [0.4, 0.5) is 0 Å². The maximum atomic E-state index is 12.1. The highest BCUT2D eigenvalue weighted by molar-refractivity contribution is 14.1. The number of rotatable bonds is 2. The van der Waals surface area contributed by atoms with Gasteiger partial charge in [-0.3, -0.25) is 4.79 Å². The lowest BCUT2D eigenvalue weighted by atomic mass is 10.1. The molecule has 1 aromatic carbocycles. The normalized spacial score (nSPS) is 10.3. The zero-order chi connectivity index (χ0) is 10.8. The molecule has 0 unspecified atom stereocenters. The van der Waals surface area contributed by atoms with E-state index in [9.17, 15) is 4.79 Å². The summed E-state index contributed by atoms with van der Waals surface area (Å²) in [6.07, 6.45) is 0. The summed E-state index contributed by atoms with van der Waals surface area (Å²) in [6.45, 7) is 0. The molecular weight excluding hydrogens is 387 g/mol. The third-order valence-corrected chi connectivity index (χ3v) is 4.07. The predicted molar refractivity (Wildman–Crippen MR) is 74.6 cm³/mol. The van der Waals surface area contributed by atoms with Gasteiger partial charge in [0.15, 0.2) is 5.78 Å². The van der Waals surface area contributed by atoms with Gasteiger partial charge < -0.3 is 0 Å². The predicted octanol–water partition coefficient (Wildman–Crippen LogP) is 4.35. The second-order valence-electron chi connectivity index (χ2n) is 2.97. The fourth-order valence-electron chi connectivity index (χ4n) is 1.22. The molecule has 76 valence electrons. The van der Waals surface area contributed by atoms with E-state index < -0.39 is 0 Å². The summed E-state index contributed by atoms with van der Waals surface area (Å²) in [5, 5.41) is 3.79. The quantitative estimate of drug-likeness (QED) is 0.548. The van der Waals surface area contributed by atoms with Gasteiger partial charge in [-0.05, 0) is 52.2 Å². The Hall–Kier alpha value is -0.200. The van der Waals surface area contributed by atoms with E-state index in [0.29, 0.717) is 0 Å². The van der Waals surface area contributed by atoms with Crippen LogP contribution in [-0.4, -0.2) is 5.78 Å². The molecule has 2 aromatic rings. The van der Waals surface area contributed by atoms with Crippen molar-refractivity contribution >= 4 is 55.6 Å². The van der Waals surface area contributed by atoms with E-state index in [1.807, 2.05) is 35.0 Å². The lowest BCUT2D eigenvalue weighted by Gasteiger charge is -2.02. The van der Waals surface area contributed by atoms with Crippen LogP contribution in [0, 0.1) is 3.57 Å². The highest BCUT2D eigenvalue weighted by Crippen LogP contribution is 2.22. The van der Waals surface area contributed by atoms with Crippen LogP contribution in [0.5, 0.6) is 0 Å². The van der Waals surface area contributed by atoms with E-state index in [1.54, 1.807) is 0 Å². The fraction of sp³-hybridized carbons (Fsp3) is 0. The molecule has 0 atom stereocenters. The van der Waals surface area contributed by atoms with Crippen molar-refractivity contribution in [3.63, 3.8) is 0 Å². The van der Waals surface area contributed by atoms with E-state index in [0.717, 1.165) is 19.2 Å². The summed E-state index contributed by atoms with van der Waals surface area (Å²) >= 11 is 7.09. The molecule has 0 spiro atoms. The van der Waals surface area contributed by atoms with E-state index in [-0.39, 0.29) is 5.78 Å². The zero-order valence-electron chi connectivity index (χ0n) is 7.54. The maximum absolute atomic E-state index is 12.1. The zero-order valence-corrected chi connectivity index (χ0v) is 12.1. The molecular formula is C11H6BrIOS. The van der Waals surface area contributed by atoms with Crippen LogP contribution in [0.3, 0.4) is 0 Å². The van der Waals surface area contributed by atoms with Crippen LogP contribution in [0.25, 0.3) is 0 Å². The van der Waals surface area contributed by atoms with Gasteiger partial charge in [0.1, 0.15) is 0 Å². The first-order chi connectivity index (χ1) is 7.18. The molecule has 1 nitrogen and oxygen atoms in total. The third-order valence-electron chi connectivity index (χ3n) is 1.96. The van der Waals surface area contributed by atoms with Crippen LogP contribution in [0.1, 0.15) is 15.9 Å². The lowest BCUT2D eigenvalue weighted by molar-refractivity contribution is 0.103. The molecule has 0 fully saturated rings. The molecule has 0 N–H and O–H groups in total. The van der Waals surface area contributed by atoms with Gasteiger partial charge in [-0.2, -0.15) is 11.3 Å². The molecule has 0 bridgehead atoms. The summed E-state index contributed by atoms with van der Waals surface area (Å²) < 4.78 is 1.91. The molecule has 0 saturated carbocycles. The largest absolute Gasteiger partial charge is 0.289 e. The summed E-state index contributed by atoms with van der Waals surface area (Å²) in [5.41, 5.74) is 1.51. The fourth-order valence-corrected chi connectivity index (χ4v) is 2.80. The van der Waals surface area contributed by atoms with Crippen LogP contribution < -0.4 is 0 Å². The third kappa shape index (κ3) is 2.49. The number of halogens is 2. The Labute approximate surface area is 114 Å². The summed E-state index contributed by atoms with van der Waals surface area (Å²) in [7, 11) is 0. The molecule has 0 saturated heterocycles. The second kappa shape index (κ2) is 4.76. The number of benzene rings is 1. The van der Waals surface area contributed by atoms with Crippen LogP contribution >= 0.6 is 49.9 Å². The summed E-state index contributed by atoms with van der Waals surface area (Å²) in [4.78, 5) is 12.1. The molecule has 4 heteroatoms. The summed E-state index contributed by atoms with van der Waals surface area (Å²) in [6, 6.07) is 7.59. The minimum absolute atomic E-state index is 0.0851. The van der Waals surface area contributed by atoms with Crippen molar-refractivity contribution in [1.29, 1.82) is 0 Å². The maximum Gasteiger partial charge on any atom is 0.194 e. The van der Waals surface area contributed by atoms with Crippen LogP contribution in [0.2, 0.25) is 0 Å². The molecule has 15 heavy (non-hydrogen) atoms. The number of ketones is 1. The van der Waals surface area contributed by atoms with Gasteiger partial charge in [-0.15, -0.1) is 0 Å². The summed E-state index contributed by atoms with van der Waals surface area (Å²) in [5.74, 6) is 0.0851. The average molecular weight is 393 g/mol. The molecule has 0 radical (unpaired) electrons. The van der Waals surface area contributed by atoms with Crippen molar-refractivity contribution in [3.05, 3.63) is 54.2 Å². The first-order valence-electron chi connectivity index (χ1n) is 4.20. The molecule has 0 aliphatic rings. The number of hydrogen-bond donors (Lipinski definition) is 0. The smallest absolute Gasteiger partial charge is 0.194 e. The Morgan fingerprint density at radius 1 is 1.33 bits per heavy atom. The van der Waals surface area contributed by atoms with Gasteiger partial charge in [0.05, 0.1) is 0 Å². The Kier molecular flexibility index (Phi) is 3.58. The molecule has 1 heterocycles. The number of carbonyl (C=O) groups is 1. The second-order valence-corrected chi connectivity index (χ2v) is 5.82. The highest BCUT2D eigenvalue weighted by atomic mass is 127. The number of carbonyl (C=O) groups excluding carboxylic acids is 1. The Balaban J connectivity index is 2.46. The van der Waals surface area contributed by atoms with E-state index in [4.69, 9.17) is 0 Å². The van der Waals surface area contributed by atoms with Crippen molar-refractivity contribution in [1.82, 2.24) is 0 Å². The monoisotopic (exact) mass is 392 g/mol. The lowest BCUT2D eigenvalue weighted by Crippen LogP contribution is -2.02. The topological polar surface area (TPSA) is 17.1 Å². The molecule has 0 aliphatic heterocycles. The first-order valence-corrected chi connectivity index (χ1v) is 7.02. The van der Waals surface area contributed by atoms with Gasteiger partial charge in [0.2, 0.25) is 0 Å². The van der Waals surface area contributed by atoms with Gasteiger partial charge in [-0.25, -0.2) is 0 Å². The first kappa shape index (κ1) is 11.3. The van der Waals surface area contributed by atoms with Gasteiger partial charge in [-0.1, -0.05) is 15.9 Å². The van der Waals surface area contributed by atoms with Crippen molar-refractivity contribution in [2.45, 2.75) is 0 Å². The van der Waals surface area contributed by atoms with Gasteiger partial charge in [0, 0.05) is 24.5 Å². The van der Waals surface area contributed by atoms with Crippen LogP contribution in [0.15, 0.2) is 39.5 Å². The Morgan fingerprint density at radius 2 is 2.13 bits per heavy atom. The highest BCUT2D eigenvalue weighted by Gasteiger charge is 2.12. The number of thiophene rings is 1. The minimum atomic E-state index is 0.0851. The van der Waals surface area contributed by atoms with Crippen molar-refractivity contribution in [3.8, 4) is 0 Å². The average Bonchev–Trinajstić information content (AvgIpc) is 2.74. The van der Waals surface area contributed by atoms with Gasteiger partial charge >= 0.3 is 0 Å². The van der Waals surface area contributed by atoms with Crippen molar-refractivity contribution in [2.75, 3.05) is 0 Å². The SMILES string of the molecule is O=C(c1ccsc1)c1cc(Br)ccc1I. The molecule has 0 amide bonds. The van der Waals surface area contributed by atoms with Crippen molar-refractivity contribution < 1.29 is 4.79 Å². The molecule has 0 aliphatic carbocycles. The number of hydrogen-bond acceptors (Lipinski definition) is 2. The standard InChI is InChI=1S/C11H6BrIOS/c12-8-1-2-10(13)9(5-8)11(14)7-3-4-15-6-7/h1-6H. The van der Waals surface area contributed by atoms with Crippen LogP contribution in [-0.2, 0) is 0 Å². The molecule has 1 aromatic heterocycles. The van der Waals surface area contributed by atoms with E-state index in [2.05, 4.69) is 38.5 Å². The Bertz CT molecular complexity index is 493. The van der Waals surface area contributed by atoms with Crippen molar-refractivity contribution in [2.24, 2.45) is 0 Å². The van der Waals surface area contributed by atoms with Gasteiger partial charge in [0.25, 0.3) is 0 Å². The van der Waals surface area contributed by atoms with E-state index >= 15 is 0 Å². The molecule has 2 rings (SSSR count). The van der Waals surface area contributed by atoms with E-state index in [1.165, 1.54) is 11.3 Å². The minimum Gasteiger partial charge on any atom is -0.289 e. The Morgan fingerprint density at radius 3 is 2.80 bits per heavy atom.